The Kier molecular flexibility index (Phi) is 7.66. The monoisotopic (exact) mass is 451 g/mol. The first-order valence-corrected chi connectivity index (χ1v) is 12.3. The predicted molar refractivity (Wildman–Crippen MR) is 130 cm³/mol. The fourth-order valence-corrected chi connectivity index (χ4v) is 5.00. The maximum absolute atomic E-state index is 13.4. The fourth-order valence-electron chi connectivity index (χ4n) is 5.00. The van der Waals surface area contributed by atoms with Crippen LogP contribution in [0.3, 0.4) is 0 Å². The molecule has 2 unspecified atom stereocenters. The third kappa shape index (κ3) is 5.74. The van der Waals surface area contributed by atoms with Crippen molar-refractivity contribution in [3.05, 3.63) is 59.8 Å². The number of carbonyl (C=O) groups is 1. The van der Waals surface area contributed by atoms with E-state index in [9.17, 15) is 4.79 Å². The maximum Gasteiger partial charge on any atom is 0.257 e. The van der Waals surface area contributed by atoms with Crippen molar-refractivity contribution in [3.8, 4) is 0 Å². The Morgan fingerprint density at radius 1 is 1.21 bits per heavy atom. The number of likely N-dealkylation sites (tertiary alicyclic amines) is 1. The molecular weight excluding hydrogens is 414 g/mol. The Morgan fingerprint density at radius 3 is 2.67 bits per heavy atom. The van der Waals surface area contributed by atoms with E-state index in [4.69, 9.17) is 9.47 Å². The minimum absolute atomic E-state index is 0.0314. The van der Waals surface area contributed by atoms with Crippen LogP contribution in [0.2, 0.25) is 0 Å². The Bertz CT molecular complexity index is 910. The van der Waals surface area contributed by atoms with Crippen LogP contribution in [0.5, 0.6) is 0 Å². The predicted octanol–water partition coefficient (Wildman–Crippen LogP) is 5.08. The van der Waals surface area contributed by atoms with Crippen molar-refractivity contribution in [2.24, 2.45) is 5.92 Å². The minimum atomic E-state index is -0.247. The van der Waals surface area contributed by atoms with Gasteiger partial charge in [-0.2, -0.15) is 0 Å². The number of nitrogens with zero attached hydrogens (tertiary/aromatic N) is 2. The second-order valence-corrected chi connectivity index (χ2v) is 9.68. The Hall–Kier alpha value is -2.44. The number of ether oxygens (including phenoxy) is 2. The molecule has 6 nitrogen and oxygen atoms in total. The molecule has 1 amide bonds. The van der Waals surface area contributed by atoms with E-state index >= 15 is 0 Å². The third-order valence-corrected chi connectivity index (χ3v) is 6.72. The number of rotatable bonds is 7. The summed E-state index contributed by atoms with van der Waals surface area (Å²) in [5.41, 5.74) is 1.60. The number of hydrogen-bond donors (Lipinski definition) is 1. The highest BCUT2D eigenvalue weighted by Crippen LogP contribution is 2.44. The van der Waals surface area contributed by atoms with E-state index in [1.54, 1.807) is 6.20 Å². The normalized spacial score (nSPS) is 22.5. The number of pyridine rings is 1. The average Bonchev–Trinajstić information content (AvgIpc) is 2.83. The van der Waals surface area contributed by atoms with Crippen molar-refractivity contribution >= 4 is 11.7 Å². The van der Waals surface area contributed by atoms with Crippen LogP contribution in [-0.4, -0.2) is 53.7 Å². The van der Waals surface area contributed by atoms with Crippen molar-refractivity contribution < 1.29 is 14.3 Å². The second-order valence-electron chi connectivity index (χ2n) is 9.68. The molecule has 178 valence electrons. The Labute approximate surface area is 197 Å². The molecule has 33 heavy (non-hydrogen) atoms. The minimum Gasteiger partial charge on any atom is -0.378 e. The van der Waals surface area contributed by atoms with E-state index in [2.05, 4.69) is 55.3 Å². The lowest BCUT2D eigenvalue weighted by molar-refractivity contribution is -0.190. The smallest absolute Gasteiger partial charge is 0.257 e. The van der Waals surface area contributed by atoms with Crippen molar-refractivity contribution in [1.29, 1.82) is 0 Å². The maximum atomic E-state index is 13.4. The molecule has 2 fully saturated rings. The average molecular weight is 452 g/mol. The number of piperidine rings is 1. The molecule has 0 aliphatic carbocycles. The van der Waals surface area contributed by atoms with Crippen LogP contribution < -0.4 is 5.32 Å². The van der Waals surface area contributed by atoms with Crippen LogP contribution in [0.1, 0.15) is 68.5 Å². The molecule has 2 aromatic rings. The van der Waals surface area contributed by atoms with Crippen LogP contribution >= 0.6 is 0 Å². The number of hydrogen-bond acceptors (Lipinski definition) is 5. The van der Waals surface area contributed by atoms with E-state index in [1.165, 1.54) is 5.56 Å². The molecule has 2 aliphatic rings. The van der Waals surface area contributed by atoms with Crippen LogP contribution in [-0.2, 0) is 9.47 Å². The lowest BCUT2D eigenvalue weighted by Gasteiger charge is -2.48. The van der Waals surface area contributed by atoms with Crippen LogP contribution in [0.4, 0.5) is 5.82 Å². The third-order valence-electron chi connectivity index (χ3n) is 6.72. The molecule has 6 heteroatoms. The molecule has 1 aromatic carbocycles. The van der Waals surface area contributed by atoms with E-state index in [1.807, 2.05) is 23.1 Å². The number of anilines is 1. The van der Waals surface area contributed by atoms with E-state index in [0.717, 1.165) is 32.2 Å². The van der Waals surface area contributed by atoms with Gasteiger partial charge in [-0.25, -0.2) is 4.98 Å². The quantitative estimate of drug-likeness (QED) is 0.636. The highest BCUT2D eigenvalue weighted by molar-refractivity contribution is 5.98. The standard InChI is InChI=1S/C27H37N3O3/c1-4-32-22-17-24(21-9-6-5-7-10-21)33-27(18-22)12-15-30(16-13-27)26(31)23-11-8-14-28-25(23)29-19-20(2)3/h5-11,14,20,22,24H,4,12-13,15-19H2,1-3H3,(H,28,29). The molecule has 2 saturated heterocycles. The van der Waals surface area contributed by atoms with Crippen molar-refractivity contribution in [3.63, 3.8) is 0 Å². The Morgan fingerprint density at radius 2 is 1.97 bits per heavy atom. The molecule has 0 saturated carbocycles. The van der Waals surface area contributed by atoms with Crippen LogP contribution in [0, 0.1) is 5.92 Å². The lowest BCUT2D eigenvalue weighted by Crippen LogP contribution is -2.52. The first-order chi connectivity index (χ1) is 16.0. The molecule has 1 aromatic heterocycles. The zero-order valence-corrected chi connectivity index (χ0v) is 20.1. The highest BCUT2D eigenvalue weighted by atomic mass is 16.5. The largest absolute Gasteiger partial charge is 0.378 e. The summed E-state index contributed by atoms with van der Waals surface area (Å²) in [5.74, 6) is 1.19. The molecule has 4 rings (SSSR count). The van der Waals surface area contributed by atoms with Gasteiger partial charge in [0.05, 0.1) is 23.4 Å². The highest BCUT2D eigenvalue weighted by Gasteiger charge is 2.45. The molecule has 0 radical (unpaired) electrons. The van der Waals surface area contributed by atoms with Gasteiger partial charge in [0, 0.05) is 45.3 Å². The molecular formula is C27H37N3O3. The number of aromatic nitrogens is 1. The van der Waals surface area contributed by atoms with Gasteiger partial charge in [-0.1, -0.05) is 44.2 Å². The van der Waals surface area contributed by atoms with Crippen LogP contribution in [0.15, 0.2) is 48.7 Å². The lowest BCUT2D eigenvalue weighted by atomic mass is 9.80. The zero-order valence-electron chi connectivity index (χ0n) is 20.1. The van der Waals surface area contributed by atoms with Crippen LogP contribution in [0.25, 0.3) is 0 Å². The summed E-state index contributed by atoms with van der Waals surface area (Å²) in [6, 6.07) is 14.1. The molecule has 1 spiro atoms. The van der Waals surface area contributed by atoms with Gasteiger partial charge >= 0.3 is 0 Å². The van der Waals surface area contributed by atoms with Crippen molar-refractivity contribution in [2.45, 2.75) is 64.3 Å². The fraction of sp³-hybridized carbons (Fsp3) is 0.556. The summed E-state index contributed by atoms with van der Waals surface area (Å²) >= 11 is 0. The summed E-state index contributed by atoms with van der Waals surface area (Å²) in [4.78, 5) is 19.7. The molecule has 0 bridgehead atoms. The van der Waals surface area contributed by atoms with Gasteiger partial charge in [0.2, 0.25) is 0 Å². The van der Waals surface area contributed by atoms with Gasteiger partial charge in [-0.3, -0.25) is 4.79 Å². The summed E-state index contributed by atoms with van der Waals surface area (Å²) < 4.78 is 12.8. The van der Waals surface area contributed by atoms with E-state index in [0.29, 0.717) is 37.0 Å². The van der Waals surface area contributed by atoms with Gasteiger partial charge in [0.15, 0.2) is 0 Å². The summed E-state index contributed by atoms with van der Waals surface area (Å²) in [7, 11) is 0. The molecule has 1 N–H and O–H groups in total. The summed E-state index contributed by atoms with van der Waals surface area (Å²) in [6.45, 7) is 9.19. The first kappa shape index (κ1) is 23.7. The topological polar surface area (TPSA) is 63.7 Å². The second kappa shape index (κ2) is 10.7. The molecule has 2 aliphatic heterocycles. The van der Waals surface area contributed by atoms with Gasteiger partial charge < -0.3 is 19.7 Å². The number of nitrogens with one attached hydrogen (secondary N) is 1. The number of benzene rings is 1. The summed E-state index contributed by atoms with van der Waals surface area (Å²) in [6.07, 6.45) is 5.35. The van der Waals surface area contributed by atoms with E-state index < -0.39 is 0 Å². The first-order valence-electron chi connectivity index (χ1n) is 12.3. The summed E-state index contributed by atoms with van der Waals surface area (Å²) in [5, 5.41) is 3.33. The zero-order chi connectivity index (χ0) is 23.3. The van der Waals surface area contributed by atoms with Gasteiger partial charge in [0.25, 0.3) is 5.91 Å². The number of amides is 1. The van der Waals surface area contributed by atoms with Gasteiger partial charge in [-0.15, -0.1) is 0 Å². The molecule has 3 heterocycles. The van der Waals surface area contributed by atoms with Crippen molar-refractivity contribution in [1.82, 2.24) is 9.88 Å². The number of carbonyl (C=O) groups excluding carboxylic acids is 1. The van der Waals surface area contributed by atoms with Gasteiger partial charge in [-0.05, 0) is 43.4 Å². The van der Waals surface area contributed by atoms with E-state index in [-0.39, 0.29) is 23.7 Å². The SMILES string of the molecule is CCOC1CC(c2ccccc2)OC2(CCN(C(=O)c3cccnc3NCC(C)C)CC2)C1. The van der Waals surface area contributed by atoms with Crippen molar-refractivity contribution in [2.75, 3.05) is 31.6 Å². The Balaban J connectivity index is 1.45. The molecule has 2 atom stereocenters. The van der Waals surface area contributed by atoms with Gasteiger partial charge in [0.1, 0.15) is 5.82 Å².